The van der Waals surface area contributed by atoms with Crippen molar-refractivity contribution < 1.29 is 31.8 Å². The molecule has 0 aliphatic rings. The van der Waals surface area contributed by atoms with Crippen LogP contribution in [0.4, 0.5) is 17.6 Å². The summed E-state index contributed by atoms with van der Waals surface area (Å²) in [6.45, 7) is 1.74. The maximum atomic E-state index is 13.8. The van der Waals surface area contributed by atoms with Gasteiger partial charge >= 0.3 is 0 Å². The van der Waals surface area contributed by atoms with Crippen LogP contribution in [0.2, 0.25) is 0 Å². The summed E-state index contributed by atoms with van der Waals surface area (Å²) in [5.74, 6) is -8.55. The van der Waals surface area contributed by atoms with Crippen molar-refractivity contribution in [3.8, 4) is 17.2 Å². The molecule has 2 aromatic carbocycles. The van der Waals surface area contributed by atoms with E-state index in [9.17, 15) is 22.4 Å². The summed E-state index contributed by atoms with van der Waals surface area (Å²) in [7, 11) is 1.30. The summed E-state index contributed by atoms with van der Waals surface area (Å²) in [6.07, 6.45) is -0.312. The number of rotatable bonds is 4. The lowest BCUT2D eigenvalue weighted by Crippen LogP contribution is -2.06. The maximum absolute atomic E-state index is 13.8. The monoisotopic (exact) mass is 314 g/mol. The number of ether oxygens (including phenoxy) is 2. The Morgan fingerprint density at radius 2 is 1.55 bits per heavy atom. The minimum Gasteiger partial charge on any atom is -0.493 e. The molecule has 7 heteroatoms. The molecule has 0 N–H and O–H groups in total. The number of aryl methyl sites for hydroxylation is 1. The third kappa shape index (κ3) is 2.61. The first-order valence-electron chi connectivity index (χ1n) is 6.04. The molecule has 0 bridgehead atoms. The van der Waals surface area contributed by atoms with Crippen molar-refractivity contribution in [2.24, 2.45) is 0 Å². The minimum absolute atomic E-state index is 0.124. The predicted molar refractivity (Wildman–Crippen MR) is 69.5 cm³/mol. The lowest BCUT2D eigenvalue weighted by atomic mass is 10.1. The van der Waals surface area contributed by atoms with E-state index < -0.39 is 34.6 Å². The van der Waals surface area contributed by atoms with Gasteiger partial charge in [0.15, 0.2) is 29.4 Å². The van der Waals surface area contributed by atoms with Gasteiger partial charge in [0, 0.05) is 0 Å². The Morgan fingerprint density at radius 1 is 0.955 bits per heavy atom. The van der Waals surface area contributed by atoms with Gasteiger partial charge in [-0.2, -0.15) is 8.78 Å². The molecule has 0 aliphatic carbocycles. The van der Waals surface area contributed by atoms with Crippen LogP contribution in [0.3, 0.4) is 0 Å². The highest BCUT2D eigenvalue weighted by atomic mass is 19.2. The normalized spacial score (nSPS) is 10.5. The van der Waals surface area contributed by atoms with Gasteiger partial charge in [0.25, 0.3) is 0 Å². The van der Waals surface area contributed by atoms with Crippen LogP contribution in [-0.4, -0.2) is 13.4 Å². The zero-order chi connectivity index (χ0) is 16.4. The summed E-state index contributed by atoms with van der Waals surface area (Å²) in [4.78, 5) is 10.5. The summed E-state index contributed by atoms with van der Waals surface area (Å²) in [5, 5.41) is 0. The second kappa shape index (κ2) is 6.05. The van der Waals surface area contributed by atoms with Crippen LogP contribution in [0.1, 0.15) is 15.9 Å². The van der Waals surface area contributed by atoms with E-state index in [-0.39, 0.29) is 17.8 Å². The van der Waals surface area contributed by atoms with Gasteiger partial charge in [-0.1, -0.05) is 6.07 Å². The molecule has 0 aromatic heterocycles. The number of halogens is 4. The van der Waals surface area contributed by atoms with E-state index in [0.717, 1.165) is 5.56 Å². The first-order valence-corrected chi connectivity index (χ1v) is 6.04. The molecule has 0 fully saturated rings. The van der Waals surface area contributed by atoms with Gasteiger partial charge < -0.3 is 9.47 Å². The zero-order valence-electron chi connectivity index (χ0n) is 11.5. The molecule has 2 rings (SSSR count). The number of methoxy groups -OCH3 is 1. The molecule has 0 atom stereocenters. The van der Waals surface area contributed by atoms with E-state index in [1.165, 1.54) is 19.2 Å². The molecule has 0 aliphatic heterocycles. The molecule has 3 nitrogen and oxygen atoms in total. The lowest BCUT2D eigenvalue weighted by molar-refractivity contribution is 0.111. The molecular formula is C15H10F4O3. The van der Waals surface area contributed by atoms with Crippen molar-refractivity contribution in [3.05, 3.63) is 52.6 Å². The Labute approximate surface area is 123 Å². The summed E-state index contributed by atoms with van der Waals surface area (Å²) < 4.78 is 64.5. The molecule has 22 heavy (non-hydrogen) atoms. The number of hydrogen-bond donors (Lipinski definition) is 0. The quantitative estimate of drug-likeness (QED) is 0.483. The summed E-state index contributed by atoms with van der Waals surface area (Å²) in [6, 6.07) is 4.40. The van der Waals surface area contributed by atoms with Crippen molar-refractivity contribution in [2.75, 3.05) is 7.11 Å². The van der Waals surface area contributed by atoms with Crippen LogP contribution in [0.5, 0.6) is 17.2 Å². The topological polar surface area (TPSA) is 35.5 Å². The number of aldehydes is 1. The van der Waals surface area contributed by atoms with E-state index >= 15 is 0 Å². The van der Waals surface area contributed by atoms with Crippen LogP contribution < -0.4 is 9.47 Å². The predicted octanol–water partition coefficient (Wildman–Crippen LogP) is 4.16. The van der Waals surface area contributed by atoms with E-state index in [0.29, 0.717) is 0 Å². The van der Waals surface area contributed by atoms with Crippen molar-refractivity contribution in [1.82, 2.24) is 0 Å². The van der Waals surface area contributed by atoms with Gasteiger partial charge in [-0.15, -0.1) is 0 Å². The highest BCUT2D eigenvalue weighted by Gasteiger charge is 2.27. The highest BCUT2D eigenvalue weighted by Crippen LogP contribution is 2.37. The van der Waals surface area contributed by atoms with Crippen molar-refractivity contribution >= 4 is 6.29 Å². The van der Waals surface area contributed by atoms with E-state index in [1.807, 2.05) is 0 Å². The van der Waals surface area contributed by atoms with Crippen molar-refractivity contribution in [3.63, 3.8) is 0 Å². The lowest BCUT2D eigenvalue weighted by Gasteiger charge is -2.13. The smallest absolute Gasteiger partial charge is 0.205 e. The fraction of sp³-hybridized carbons (Fsp3) is 0.133. The minimum atomic E-state index is -1.82. The molecule has 0 unspecified atom stereocenters. The fourth-order valence-electron chi connectivity index (χ4n) is 1.79. The van der Waals surface area contributed by atoms with Gasteiger partial charge in [0.1, 0.15) is 0 Å². The second-order valence-corrected chi connectivity index (χ2v) is 4.37. The first-order chi connectivity index (χ1) is 10.4. The number of carbonyl (C=O) groups excluding carboxylic acids is 1. The van der Waals surface area contributed by atoms with E-state index in [2.05, 4.69) is 0 Å². The number of carbonyl (C=O) groups is 1. The Hall–Kier alpha value is -2.57. The summed E-state index contributed by atoms with van der Waals surface area (Å²) in [5.41, 5.74) is -0.558. The molecule has 0 spiro atoms. The van der Waals surface area contributed by atoms with Gasteiger partial charge in [0.2, 0.25) is 17.4 Å². The van der Waals surface area contributed by atoms with Gasteiger partial charge in [0.05, 0.1) is 12.7 Å². The van der Waals surface area contributed by atoms with E-state index in [4.69, 9.17) is 9.47 Å². The molecular weight excluding hydrogens is 304 g/mol. The zero-order valence-corrected chi connectivity index (χ0v) is 11.5. The molecule has 0 saturated heterocycles. The van der Waals surface area contributed by atoms with Crippen LogP contribution in [0.15, 0.2) is 18.2 Å². The molecule has 0 saturated carbocycles. The Bertz CT molecular complexity index is 715. The van der Waals surface area contributed by atoms with Crippen LogP contribution >= 0.6 is 0 Å². The molecule has 0 radical (unpaired) electrons. The number of hydrogen-bond acceptors (Lipinski definition) is 3. The van der Waals surface area contributed by atoms with Crippen molar-refractivity contribution in [1.29, 1.82) is 0 Å². The van der Waals surface area contributed by atoms with Gasteiger partial charge in [-0.25, -0.2) is 8.78 Å². The Morgan fingerprint density at radius 3 is 2.05 bits per heavy atom. The maximum Gasteiger partial charge on any atom is 0.205 e. The SMILES string of the molecule is COc1cc(C)ccc1Oc1c(F)c(F)c(C=O)c(F)c1F. The second-order valence-electron chi connectivity index (χ2n) is 4.37. The summed E-state index contributed by atoms with van der Waals surface area (Å²) >= 11 is 0. The van der Waals surface area contributed by atoms with Crippen LogP contribution in [-0.2, 0) is 0 Å². The van der Waals surface area contributed by atoms with Crippen LogP contribution in [0, 0.1) is 30.2 Å². The Kier molecular flexibility index (Phi) is 4.35. The highest BCUT2D eigenvalue weighted by molar-refractivity contribution is 5.76. The number of benzene rings is 2. The molecule has 116 valence electrons. The van der Waals surface area contributed by atoms with Crippen molar-refractivity contribution in [2.45, 2.75) is 6.92 Å². The fourth-order valence-corrected chi connectivity index (χ4v) is 1.79. The third-order valence-electron chi connectivity index (χ3n) is 2.91. The Balaban J connectivity index is 2.58. The third-order valence-corrected chi connectivity index (χ3v) is 2.91. The largest absolute Gasteiger partial charge is 0.493 e. The average molecular weight is 314 g/mol. The van der Waals surface area contributed by atoms with Crippen LogP contribution in [0.25, 0.3) is 0 Å². The first kappa shape index (κ1) is 15.8. The molecule has 0 heterocycles. The van der Waals surface area contributed by atoms with Gasteiger partial charge in [-0.05, 0) is 24.6 Å². The van der Waals surface area contributed by atoms with Gasteiger partial charge in [-0.3, -0.25) is 4.79 Å². The average Bonchev–Trinajstić information content (AvgIpc) is 2.51. The molecule has 2 aromatic rings. The molecule has 0 amide bonds. The van der Waals surface area contributed by atoms with E-state index in [1.54, 1.807) is 13.0 Å². The standard InChI is InChI=1S/C15H10F4O3/c1-7-3-4-9(10(5-7)21-2)22-15-13(18)11(16)8(6-20)12(17)14(15)19/h3-6H,1-2H3.